The second kappa shape index (κ2) is 6.36. The molecular weight excluding hydrogens is 224 g/mol. The van der Waals surface area contributed by atoms with E-state index in [9.17, 15) is 5.11 Å². The van der Waals surface area contributed by atoms with Gasteiger partial charge in [0.05, 0.1) is 6.61 Å². The van der Waals surface area contributed by atoms with Gasteiger partial charge in [0.2, 0.25) is 0 Å². The van der Waals surface area contributed by atoms with Crippen LogP contribution in [0.25, 0.3) is 0 Å². The van der Waals surface area contributed by atoms with E-state index in [1.54, 1.807) is 0 Å². The summed E-state index contributed by atoms with van der Waals surface area (Å²) in [6.07, 6.45) is 4.83. The Kier molecular flexibility index (Phi) is 5.63. The molecule has 0 spiro atoms. The monoisotopic (exact) mass is 256 g/mol. The third kappa shape index (κ3) is 4.52. The zero-order chi connectivity index (χ0) is 13.8. The van der Waals surface area contributed by atoms with Gasteiger partial charge < -0.3 is 10.4 Å². The third-order valence-corrected chi connectivity index (χ3v) is 4.22. The van der Waals surface area contributed by atoms with Gasteiger partial charge in [0.1, 0.15) is 0 Å². The Morgan fingerprint density at radius 1 is 1.39 bits per heavy atom. The van der Waals surface area contributed by atoms with Gasteiger partial charge in [0.25, 0.3) is 0 Å². The Balaban J connectivity index is 2.35. The van der Waals surface area contributed by atoms with Crippen molar-refractivity contribution in [3.63, 3.8) is 0 Å². The molecule has 1 atom stereocenters. The van der Waals surface area contributed by atoms with E-state index < -0.39 is 0 Å². The van der Waals surface area contributed by atoms with E-state index in [-0.39, 0.29) is 12.1 Å². The largest absolute Gasteiger partial charge is 0.394 e. The zero-order valence-corrected chi connectivity index (χ0v) is 12.9. The second-order valence-corrected chi connectivity index (χ2v) is 7.02. The summed E-state index contributed by atoms with van der Waals surface area (Å²) in [7, 11) is 0. The summed E-state index contributed by atoms with van der Waals surface area (Å²) < 4.78 is 0. The van der Waals surface area contributed by atoms with Crippen LogP contribution in [0.4, 0.5) is 0 Å². The molecule has 1 aliphatic heterocycles. The standard InChI is InChI=1S/C15H32N2O/c1-13(2)16-15(5,12-18)9-7-11-17-10-6-8-14(17,3)4/h13,16,18H,6-12H2,1-5H3. The summed E-state index contributed by atoms with van der Waals surface area (Å²) in [6.45, 7) is 13.7. The van der Waals surface area contributed by atoms with Crippen LogP contribution in [0.15, 0.2) is 0 Å². The number of hydrogen-bond acceptors (Lipinski definition) is 3. The molecule has 0 bridgehead atoms. The molecule has 0 aromatic rings. The van der Waals surface area contributed by atoms with Crippen LogP contribution in [0, 0.1) is 0 Å². The molecule has 0 aliphatic carbocycles. The van der Waals surface area contributed by atoms with Crippen LogP contribution >= 0.6 is 0 Å². The Labute approximate surface area is 113 Å². The Morgan fingerprint density at radius 2 is 2.06 bits per heavy atom. The van der Waals surface area contributed by atoms with Crippen LogP contribution < -0.4 is 5.32 Å². The molecule has 1 unspecified atom stereocenters. The third-order valence-electron chi connectivity index (χ3n) is 4.22. The molecule has 3 nitrogen and oxygen atoms in total. The highest BCUT2D eigenvalue weighted by Gasteiger charge is 2.32. The summed E-state index contributed by atoms with van der Waals surface area (Å²) >= 11 is 0. The first-order valence-corrected chi connectivity index (χ1v) is 7.43. The van der Waals surface area contributed by atoms with Crippen molar-refractivity contribution in [3.8, 4) is 0 Å². The van der Waals surface area contributed by atoms with Crippen LogP contribution in [-0.2, 0) is 0 Å². The van der Waals surface area contributed by atoms with Gasteiger partial charge in [-0.25, -0.2) is 0 Å². The number of nitrogens with zero attached hydrogens (tertiary/aromatic N) is 1. The van der Waals surface area contributed by atoms with Crippen molar-refractivity contribution < 1.29 is 5.11 Å². The maximum absolute atomic E-state index is 9.55. The van der Waals surface area contributed by atoms with Crippen molar-refractivity contribution in [1.82, 2.24) is 10.2 Å². The molecule has 108 valence electrons. The lowest BCUT2D eigenvalue weighted by molar-refractivity contribution is 0.134. The van der Waals surface area contributed by atoms with Gasteiger partial charge >= 0.3 is 0 Å². The normalized spacial score (nSPS) is 23.5. The summed E-state index contributed by atoms with van der Waals surface area (Å²) in [5, 5.41) is 13.0. The molecule has 1 heterocycles. The molecule has 0 aromatic carbocycles. The molecule has 0 amide bonds. The van der Waals surface area contributed by atoms with E-state index in [1.807, 2.05) is 0 Å². The van der Waals surface area contributed by atoms with Crippen LogP contribution in [0.3, 0.4) is 0 Å². The predicted octanol–water partition coefficient (Wildman–Crippen LogP) is 2.39. The zero-order valence-electron chi connectivity index (χ0n) is 12.9. The quantitative estimate of drug-likeness (QED) is 0.734. The maximum atomic E-state index is 9.55. The van der Waals surface area contributed by atoms with Crippen LogP contribution in [0.2, 0.25) is 0 Å². The van der Waals surface area contributed by atoms with Crippen molar-refractivity contribution in [1.29, 1.82) is 0 Å². The van der Waals surface area contributed by atoms with Crippen molar-refractivity contribution in [2.75, 3.05) is 19.7 Å². The topological polar surface area (TPSA) is 35.5 Å². The molecule has 18 heavy (non-hydrogen) atoms. The molecular formula is C15H32N2O. The first-order chi connectivity index (χ1) is 8.29. The second-order valence-electron chi connectivity index (χ2n) is 7.02. The van der Waals surface area contributed by atoms with E-state index >= 15 is 0 Å². The fraction of sp³-hybridized carbons (Fsp3) is 1.00. The summed E-state index contributed by atoms with van der Waals surface area (Å²) in [4.78, 5) is 2.60. The van der Waals surface area contributed by atoms with Crippen LogP contribution in [0.5, 0.6) is 0 Å². The lowest BCUT2D eigenvalue weighted by Crippen LogP contribution is -2.49. The lowest BCUT2D eigenvalue weighted by atomic mass is 9.95. The van der Waals surface area contributed by atoms with E-state index in [0.29, 0.717) is 11.6 Å². The van der Waals surface area contributed by atoms with Gasteiger partial charge in [-0.15, -0.1) is 0 Å². The summed E-state index contributed by atoms with van der Waals surface area (Å²) in [5.74, 6) is 0. The molecule has 1 fully saturated rings. The SMILES string of the molecule is CC(C)NC(C)(CO)CCCN1CCCC1(C)C. The molecule has 3 heteroatoms. The van der Waals surface area contributed by atoms with Gasteiger partial charge in [0, 0.05) is 17.1 Å². The highest BCUT2D eigenvalue weighted by atomic mass is 16.3. The van der Waals surface area contributed by atoms with Gasteiger partial charge in [-0.05, 0) is 59.5 Å². The van der Waals surface area contributed by atoms with E-state index in [1.165, 1.54) is 19.4 Å². The average molecular weight is 256 g/mol. The number of aliphatic hydroxyl groups is 1. The first-order valence-electron chi connectivity index (χ1n) is 7.43. The van der Waals surface area contributed by atoms with Gasteiger partial charge in [-0.3, -0.25) is 4.90 Å². The van der Waals surface area contributed by atoms with Crippen molar-refractivity contribution in [2.45, 2.75) is 77.4 Å². The van der Waals surface area contributed by atoms with E-state index in [2.05, 4.69) is 44.8 Å². The number of rotatable bonds is 7. The molecule has 1 saturated heterocycles. The number of hydrogen-bond donors (Lipinski definition) is 2. The fourth-order valence-electron chi connectivity index (χ4n) is 3.13. The highest BCUT2D eigenvalue weighted by molar-refractivity contribution is 4.89. The summed E-state index contributed by atoms with van der Waals surface area (Å²) in [5.41, 5.74) is 0.249. The first kappa shape index (κ1) is 15.9. The molecule has 0 radical (unpaired) electrons. The Hall–Kier alpha value is -0.120. The smallest absolute Gasteiger partial charge is 0.0610 e. The van der Waals surface area contributed by atoms with Crippen molar-refractivity contribution in [2.24, 2.45) is 0 Å². The summed E-state index contributed by atoms with van der Waals surface area (Å²) in [6, 6.07) is 0.422. The average Bonchev–Trinajstić information content (AvgIpc) is 2.57. The van der Waals surface area contributed by atoms with Gasteiger partial charge in [-0.1, -0.05) is 13.8 Å². The van der Waals surface area contributed by atoms with Gasteiger partial charge in [-0.2, -0.15) is 0 Å². The van der Waals surface area contributed by atoms with E-state index in [4.69, 9.17) is 0 Å². The Bertz CT molecular complexity index is 253. The molecule has 1 aliphatic rings. The Morgan fingerprint density at radius 3 is 2.50 bits per heavy atom. The molecule has 0 saturated carbocycles. The number of likely N-dealkylation sites (tertiary alicyclic amines) is 1. The maximum Gasteiger partial charge on any atom is 0.0610 e. The molecule has 0 aromatic heterocycles. The van der Waals surface area contributed by atoms with Gasteiger partial charge in [0.15, 0.2) is 0 Å². The fourth-order valence-corrected chi connectivity index (χ4v) is 3.13. The van der Waals surface area contributed by atoms with Crippen molar-refractivity contribution >= 4 is 0 Å². The number of nitrogens with one attached hydrogen (secondary N) is 1. The minimum absolute atomic E-state index is 0.127. The van der Waals surface area contributed by atoms with E-state index in [0.717, 1.165) is 19.4 Å². The minimum atomic E-state index is -0.127. The highest BCUT2D eigenvalue weighted by Crippen LogP contribution is 2.28. The molecule has 2 N–H and O–H groups in total. The van der Waals surface area contributed by atoms with Crippen LogP contribution in [0.1, 0.15) is 60.3 Å². The lowest BCUT2D eigenvalue weighted by Gasteiger charge is -2.35. The minimum Gasteiger partial charge on any atom is -0.394 e. The van der Waals surface area contributed by atoms with Crippen molar-refractivity contribution in [3.05, 3.63) is 0 Å². The number of aliphatic hydroxyl groups excluding tert-OH is 1. The van der Waals surface area contributed by atoms with Crippen LogP contribution in [-0.4, -0.2) is 46.8 Å². The predicted molar refractivity (Wildman–Crippen MR) is 77.9 cm³/mol. The molecule has 1 rings (SSSR count).